The van der Waals surface area contributed by atoms with Crippen LogP contribution in [-0.4, -0.2) is 9.55 Å². The largest absolute Gasteiger partial charge is 0.330 e. The van der Waals surface area contributed by atoms with Gasteiger partial charge in [0.15, 0.2) is 0 Å². The molecule has 3 nitrogen and oxygen atoms in total. The molecule has 0 fully saturated rings. The Morgan fingerprint density at radius 3 is 2.62 bits per heavy atom. The molecule has 1 aromatic carbocycles. The van der Waals surface area contributed by atoms with Crippen LogP contribution in [0, 0.1) is 0 Å². The van der Waals surface area contributed by atoms with Crippen LogP contribution in [0.1, 0.15) is 24.2 Å². The number of para-hydroxylation sites is 1. The summed E-state index contributed by atoms with van der Waals surface area (Å²) < 4.78 is 1.81. The number of benzene rings is 1. The van der Waals surface area contributed by atoms with Crippen molar-refractivity contribution in [3.63, 3.8) is 0 Å². The van der Waals surface area contributed by atoms with Gasteiger partial charge in [-0.3, -0.25) is 4.57 Å². The van der Waals surface area contributed by atoms with Gasteiger partial charge in [0.05, 0.1) is 5.69 Å². The van der Waals surface area contributed by atoms with Crippen LogP contribution in [0.4, 0.5) is 0 Å². The molecule has 2 aromatic rings. The summed E-state index contributed by atoms with van der Waals surface area (Å²) in [6.07, 6.45) is 4.37. The molecule has 16 heavy (non-hydrogen) atoms. The topological polar surface area (TPSA) is 37.8 Å². The van der Waals surface area contributed by atoms with Crippen LogP contribution in [0.25, 0.3) is 5.69 Å². The second-order valence-electron chi connectivity index (χ2n) is 4.23. The lowest BCUT2D eigenvalue weighted by atomic mass is 10.0. The van der Waals surface area contributed by atoms with E-state index in [1.165, 1.54) is 18.5 Å². The van der Waals surface area contributed by atoms with Crippen molar-refractivity contribution < 1.29 is 0 Å². The fourth-order valence-electron chi connectivity index (χ4n) is 2.43. The Kier molecular flexibility index (Phi) is 2.17. The van der Waals surface area contributed by atoms with E-state index in [2.05, 4.69) is 4.98 Å². The molecule has 0 saturated carbocycles. The third-order valence-electron chi connectivity index (χ3n) is 3.18. The number of hydrogen-bond donors (Lipinski definition) is 1. The van der Waals surface area contributed by atoms with Gasteiger partial charge in [-0.1, -0.05) is 18.2 Å². The first kappa shape index (κ1) is 9.46. The highest BCUT2D eigenvalue weighted by atomic mass is 16.1. The number of aromatic amines is 1. The van der Waals surface area contributed by atoms with Gasteiger partial charge in [0, 0.05) is 11.4 Å². The lowest BCUT2D eigenvalue weighted by molar-refractivity contribution is 0.655. The molecule has 1 aliphatic carbocycles. The predicted octanol–water partition coefficient (Wildman–Crippen LogP) is 2.04. The van der Waals surface area contributed by atoms with E-state index in [-0.39, 0.29) is 5.69 Å². The van der Waals surface area contributed by atoms with Gasteiger partial charge < -0.3 is 4.98 Å². The highest BCUT2D eigenvalue weighted by Gasteiger charge is 2.17. The Balaban J connectivity index is 2.21. The number of H-pyrrole nitrogens is 1. The molecule has 1 aromatic heterocycles. The van der Waals surface area contributed by atoms with Crippen LogP contribution in [0.15, 0.2) is 35.1 Å². The number of aryl methyl sites for hydroxylation is 1. The molecule has 1 aliphatic rings. The molecule has 0 atom stereocenters. The number of aromatic nitrogens is 2. The molecule has 0 saturated heterocycles. The van der Waals surface area contributed by atoms with E-state index >= 15 is 0 Å². The second kappa shape index (κ2) is 3.67. The Bertz CT molecular complexity index is 551. The van der Waals surface area contributed by atoms with E-state index in [1.807, 2.05) is 34.9 Å². The van der Waals surface area contributed by atoms with Crippen molar-refractivity contribution in [3.05, 3.63) is 52.2 Å². The summed E-state index contributed by atoms with van der Waals surface area (Å²) in [5, 5.41) is 0. The van der Waals surface area contributed by atoms with Crippen LogP contribution in [0.3, 0.4) is 0 Å². The predicted molar refractivity (Wildman–Crippen MR) is 63.0 cm³/mol. The number of fused-ring (bicyclic) bond motifs is 1. The smallest absolute Gasteiger partial charge is 0.309 e. The SMILES string of the molecule is O=c1[nH]c2c(n1-c1ccccc1)CCCC2. The Labute approximate surface area is 93.7 Å². The van der Waals surface area contributed by atoms with Crippen molar-refractivity contribution in [3.8, 4) is 5.69 Å². The first-order valence-electron chi connectivity index (χ1n) is 5.74. The van der Waals surface area contributed by atoms with Crippen LogP contribution in [0.2, 0.25) is 0 Å². The van der Waals surface area contributed by atoms with Crippen LogP contribution < -0.4 is 5.69 Å². The first-order valence-corrected chi connectivity index (χ1v) is 5.74. The van der Waals surface area contributed by atoms with E-state index in [0.717, 1.165) is 24.2 Å². The maximum atomic E-state index is 11.9. The maximum absolute atomic E-state index is 11.9. The summed E-state index contributed by atoms with van der Waals surface area (Å²) in [7, 11) is 0. The van der Waals surface area contributed by atoms with Crippen LogP contribution in [0.5, 0.6) is 0 Å². The Morgan fingerprint density at radius 1 is 1.06 bits per heavy atom. The summed E-state index contributed by atoms with van der Waals surface area (Å²) in [6.45, 7) is 0. The third kappa shape index (κ3) is 1.40. The van der Waals surface area contributed by atoms with E-state index in [0.29, 0.717) is 0 Å². The average molecular weight is 214 g/mol. The normalized spacial score (nSPS) is 14.8. The Morgan fingerprint density at radius 2 is 1.81 bits per heavy atom. The van der Waals surface area contributed by atoms with Gasteiger partial charge in [0.25, 0.3) is 0 Å². The quantitative estimate of drug-likeness (QED) is 0.775. The molecule has 0 spiro atoms. The van der Waals surface area contributed by atoms with Gasteiger partial charge in [0.1, 0.15) is 0 Å². The van der Waals surface area contributed by atoms with E-state index in [4.69, 9.17) is 0 Å². The monoisotopic (exact) mass is 214 g/mol. The molecular formula is C13H14N2O. The minimum Gasteiger partial charge on any atom is -0.309 e. The van der Waals surface area contributed by atoms with Crippen molar-refractivity contribution in [1.29, 1.82) is 0 Å². The Hall–Kier alpha value is -1.77. The molecular weight excluding hydrogens is 200 g/mol. The number of imidazole rings is 1. The molecule has 0 radical (unpaired) electrons. The van der Waals surface area contributed by atoms with Gasteiger partial charge in [-0.25, -0.2) is 4.79 Å². The average Bonchev–Trinajstić information content (AvgIpc) is 2.66. The number of rotatable bonds is 1. The molecule has 0 aliphatic heterocycles. The zero-order valence-electron chi connectivity index (χ0n) is 9.07. The molecule has 1 heterocycles. The summed E-state index contributed by atoms with van der Waals surface area (Å²) in [4.78, 5) is 14.9. The fourth-order valence-corrected chi connectivity index (χ4v) is 2.43. The minimum absolute atomic E-state index is 0.00176. The van der Waals surface area contributed by atoms with Gasteiger partial charge >= 0.3 is 5.69 Å². The van der Waals surface area contributed by atoms with Gasteiger partial charge in [-0.05, 0) is 37.8 Å². The molecule has 82 valence electrons. The van der Waals surface area contributed by atoms with Crippen molar-refractivity contribution in [2.24, 2.45) is 0 Å². The highest BCUT2D eigenvalue weighted by Crippen LogP contribution is 2.20. The molecule has 0 unspecified atom stereocenters. The third-order valence-corrected chi connectivity index (χ3v) is 3.18. The van der Waals surface area contributed by atoms with Crippen LogP contribution in [-0.2, 0) is 12.8 Å². The standard InChI is InChI=1S/C13H14N2O/c16-13-14-11-8-4-5-9-12(11)15(13)10-6-2-1-3-7-10/h1-3,6-7H,4-5,8-9H2,(H,14,16). The van der Waals surface area contributed by atoms with Crippen molar-refractivity contribution in [1.82, 2.24) is 9.55 Å². The summed E-state index contributed by atoms with van der Waals surface area (Å²) in [6, 6.07) is 9.84. The van der Waals surface area contributed by atoms with Gasteiger partial charge in [-0.15, -0.1) is 0 Å². The van der Waals surface area contributed by atoms with Crippen molar-refractivity contribution >= 4 is 0 Å². The second-order valence-corrected chi connectivity index (χ2v) is 4.23. The van der Waals surface area contributed by atoms with E-state index < -0.39 is 0 Å². The lowest BCUT2D eigenvalue weighted by Crippen LogP contribution is -2.17. The molecule has 0 bridgehead atoms. The van der Waals surface area contributed by atoms with Gasteiger partial charge in [-0.2, -0.15) is 0 Å². The lowest BCUT2D eigenvalue weighted by Gasteiger charge is -2.13. The molecule has 3 rings (SSSR count). The van der Waals surface area contributed by atoms with E-state index in [1.54, 1.807) is 0 Å². The zero-order valence-corrected chi connectivity index (χ0v) is 9.07. The van der Waals surface area contributed by atoms with Gasteiger partial charge in [0.2, 0.25) is 0 Å². The fraction of sp³-hybridized carbons (Fsp3) is 0.308. The first-order chi connectivity index (χ1) is 7.86. The molecule has 0 amide bonds. The summed E-state index contributed by atoms with van der Waals surface area (Å²) >= 11 is 0. The van der Waals surface area contributed by atoms with Crippen molar-refractivity contribution in [2.45, 2.75) is 25.7 Å². The number of hydrogen-bond acceptors (Lipinski definition) is 1. The summed E-state index contributed by atoms with van der Waals surface area (Å²) in [5.74, 6) is 0. The minimum atomic E-state index is -0.00176. The summed E-state index contributed by atoms with van der Waals surface area (Å²) in [5.41, 5.74) is 3.26. The molecule has 1 N–H and O–H groups in total. The zero-order chi connectivity index (χ0) is 11.0. The number of nitrogens with zero attached hydrogens (tertiary/aromatic N) is 1. The molecule has 3 heteroatoms. The highest BCUT2D eigenvalue weighted by molar-refractivity contribution is 5.35. The number of nitrogens with one attached hydrogen (secondary N) is 1. The maximum Gasteiger partial charge on any atom is 0.330 e. The van der Waals surface area contributed by atoms with Crippen molar-refractivity contribution in [2.75, 3.05) is 0 Å². The van der Waals surface area contributed by atoms with E-state index in [9.17, 15) is 4.79 Å². The van der Waals surface area contributed by atoms with Crippen LogP contribution >= 0.6 is 0 Å².